The van der Waals surface area contributed by atoms with Crippen molar-refractivity contribution in [3.8, 4) is 0 Å². The molecule has 3 N–H and O–H groups in total. The quantitative estimate of drug-likeness (QED) is 0.808. The zero-order valence-corrected chi connectivity index (χ0v) is 11.1. The van der Waals surface area contributed by atoms with Gasteiger partial charge >= 0.3 is 0 Å². The van der Waals surface area contributed by atoms with Gasteiger partial charge in [-0.15, -0.1) is 0 Å². The van der Waals surface area contributed by atoms with Gasteiger partial charge in [-0.1, -0.05) is 12.1 Å². The number of piperazine rings is 1. The van der Waals surface area contributed by atoms with Gasteiger partial charge in [-0.05, 0) is 31.0 Å². The van der Waals surface area contributed by atoms with Gasteiger partial charge in [-0.25, -0.2) is 0 Å². The molecule has 0 aliphatic carbocycles. The average Bonchev–Trinajstić information content (AvgIpc) is 2.41. The number of nitrogens with two attached hydrogens (primary N) is 1. The van der Waals surface area contributed by atoms with Gasteiger partial charge in [-0.3, -0.25) is 4.79 Å². The Morgan fingerprint density at radius 2 is 2.28 bits per heavy atom. The molecular weight excluding hydrogens is 226 g/mol. The number of hydrogen-bond donors (Lipinski definition) is 2. The first-order valence-electron chi connectivity index (χ1n) is 6.43. The molecule has 4 heteroatoms. The van der Waals surface area contributed by atoms with E-state index in [1.807, 2.05) is 36.9 Å². The topological polar surface area (TPSA) is 58.4 Å². The molecule has 1 unspecified atom stereocenters. The van der Waals surface area contributed by atoms with Crippen molar-refractivity contribution in [3.05, 3.63) is 34.9 Å². The highest BCUT2D eigenvalue weighted by Crippen LogP contribution is 2.17. The largest absolute Gasteiger partial charge is 0.332 e. The Hall–Kier alpha value is -1.39. The van der Waals surface area contributed by atoms with E-state index in [1.54, 1.807) is 0 Å². The highest BCUT2D eigenvalue weighted by atomic mass is 16.2. The van der Waals surface area contributed by atoms with Gasteiger partial charge < -0.3 is 16.0 Å². The summed E-state index contributed by atoms with van der Waals surface area (Å²) in [7, 11) is 0. The fraction of sp³-hybridized carbons (Fsp3) is 0.500. The Morgan fingerprint density at radius 1 is 1.50 bits per heavy atom. The molecule has 1 aliphatic heterocycles. The lowest BCUT2D eigenvalue weighted by Crippen LogP contribution is -2.56. The molecule has 1 saturated heterocycles. The van der Waals surface area contributed by atoms with E-state index < -0.39 is 0 Å². The van der Waals surface area contributed by atoms with E-state index in [1.165, 1.54) is 0 Å². The Labute approximate surface area is 108 Å². The van der Waals surface area contributed by atoms with E-state index in [-0.39, 0.29) is 11.9 Å². The summed E-state index contributed by atoms with van der Waals surface area (Å²) in [5.41, 5.74) is 8.76. The number of aryl methyl sites for hydroxylation is 1. The molecule has 0 bridgehead atoms. The van der Waals surface area contributed by atoms with Crippen molar-refractivity contribution < 1.29 is 4.79 Å². The summed E-state index contributed by atoms with van der Waals surface area (Å²) in [6.45, 7) is 6.89. The van der Waals surface area contributed by atoms with Crippen LogP contribution in [0.15, 0.2) is 18.2 Å². The van der Waals surface area contributed by atoms with Crippen LogP contribution in [-0.4, -0.2) is 43.0 Å². The highest BCUT2D eigenvalue weighted by Gasteiger charge is 2.27. The van der Waals surface area contributed by atoms with Crippen LogP contribution in [0.5, 0.6) is 0 Å². The summed E-state index contributed by atoms with van der Waals surface area (Å²) in [6, 6.07) is 5.98. The minimum Gasteiger partial charge on any atom is -0.332 e. The van der Waals surface area contributed by atoms with Crippen LogP contribution >= 0.6 is 0 Å². The van der Waals surface area contributed by atoms with Crippen molar-refractivity contribution in [1.29, 1.82) is 0 Å². The maximum Gasteiger partial charge on any atom is 0.254 e. The summed E-state index contributed by atoms with van der Waals surface area (Å²) in [4.78, 5) is 14.5. The van der Waals surface area contributed by atoms with E-state index in [0.29, 0.717) is 6.54 Å². The average molecular weight is 247 g/mol. The van der Waals surface area contributed by atoms with Crippen LogP contribution in [-0.2, 0) is 0 Å². The second kappa shape index (κ2) is 5.50. The first kappa shape index (κ1) is 13.1. The van der Waals surface area contributed by atoms with E-state index in [2.05, 4.69) is 5.32 Å². The normalized spacial score (nSPS) is 19.9. The third kappa shape index (κ3) is 2.40. The summed E-state index contributed by atoms with van der Waals surface area (Å²) in [6.07, 6.45) is 0. The molecule has 1 atom stereocenters. The van der Waals surface area contributed by atoms with Gasteiger partial charge in [0.15, 0.2) is 0 Å². The second-order valence-corrected chi connectivity index (χ2v) is 4.84. The molecule has 98 valence electrons. The Morgan fingerprint density at radius 3 is 3.00 bits per heavy atom. The molecule has 1 aliphatic rings. The molecule has 1 amide bonds. The third-order valence-electron chi connectivity index (χ3n) is 3.72. The number of carbonyl (C=O) groups excluding carboxylic acids is 1. The maximum atomic E-state index is 12.6. The number of nitrogens with one attached hydrogen (secondary N) is 1. The number of hydrogen-bond acceptors (Lipinski definition) is 3. The Kier molecular flexibility index (Phi) is 3.99. The summed E-state index contributed by atoms with van der Waals surface area (Å²) in [5, 5.41) is 3.27. The van der Waals surface area contributed by atoms with Gasteiger partial charge in [0.2, 0.25) is 0 Å². The molecular formula is C14H21N3O. The monoisotopic (exact) mass is 247 g/mol. The van der Waals surface area contributed by atoms with Gasteiger partial charge in [-0.2, -0.15) is 0 Å². The molecule has 1 aromatic carbocycles. The fourth-order valence-electron chi connectivity index (χ4n) is 2.38. The van der Waals surface area contributed by atoms with Crippen molar-refractivity contribution >= 4 is 5.91 Å². The van der Waals surface area contributed by atoms with Crippen LogP contribution in [0.3, 0.4) is 0 Å². The van der Waals surface area contributed by atoms with Gasteiger partial charge in [0.05, 0.1) is 6.04 Å². The second-order valence-electron chi connectivity index (χ2n) is 4.84. The smallest absolute Gasteiger partial charge is 0.254 e. The molecule has 0 radical (unpaired) electrons. The SMILES string of the molecule is Cc1cccc(C(=O)N2CCNCC2CN)c1C. The van der Waals surface area contributed by atoms with Crippen LogP contribution in [0, 0.1) is 13.8 Å². The zero-order chi connectivity index (χ0) is 13.1. The van der Waals surface area contributed by atoms with Gasteiger partial charge in [0, 0.05) is 31.7 Å². The predicted octanol–water partition coefficient (Wildman–Crippen LogP) is 0.676. The highest BCUT2D eigenvalue weighted by molar-refractivity contribution is 5.96. The van der Waals surface area contributed by atoms with Crippen molar-refractivity contribution in [2.24, 2.45) is 5.73 Å². The summed E-state index contributed by atoms with van der Waals surface area (Å²) in [5.74, 6) is 0.105. The molecule has 0 saturated carbocycles. The number of carbonyl (C=O) groups is 1. The van der Waals surface area contributed by atoms with Crippen molar-refractivity contribution in [2.45, 2.75) is 19.9 Å². The van der Waals surface area contributed by atoms with Crippen molar-refractivity contribution in [2.75, 3.05) is 26.2 Å². The van der Waals surface area contributed by atoms with Crippen molar-refractivity contribution in [3.63, 3.8) is 0 Å². The lowest BCUT2D eigenvalue weighted by atomic mass is 10.0. The molecule has 4 nitrogen and oxygen atoms in total. The van der Waals surface area contributed by atoms with Crippen LogP contribution < -0.4 is 11.1 Å². The Bertz CT molecular complexity index is 445. The minimum atomic E-state index is 0.103. The molecule has 1 fully saturated rings. The minimum absolute atomic E-state index is 0.103. The molecule has 0 spiro atoms. The number of amides is 1. The molecule has 0 aromatic heterocycles. The standard InChI is InChI=1S/C14H21N3O/c1-10-4-3-5-13(11(10)2)14(18)17-7-6-16-9-12(17)8-15/h3-5,12,16H,6-9,15H2,1-2H3. The lowest BCUT2D eigenvalue weighted by Gasteiger charge is -2.36. The number of rotatable bonds is 2. The van der Waals surface area contributed by atoms with Crippen molar-refractivity contribution in [1.82, 2.24) is 10.2 Å². The van der Waals surface area contributed by atoms with Crippen LogP contribution in [0.2, 0.25) is 0 Å². The van der Waals surface area contributed by atoms with Crippen LogP contribution in [0.25, 0.3) is 0 Å². The van der Waals surface area contributed by atoms with Crippen LogP contribution in [0.1, 0.15) is 21.5 Å². The van der Waals surface area contributed by atoms with Gasteiger partial charge in [0.1, 0.15) is 0 Å². The summed E-state index contributed by atoms with van der Waals surface area (Å²) < 4.78 is 0. The first-order valence-corrected chi connectivity index (χ1v) is 6.43. The van der Waals surface area contributed by atoms with Crippen LogP contribution in [0.4, 0.5) is 0 Å². The summed E-state index contributed by atoms with van der Waals surface area (Å²) >= 11 is 0. The van der Waals surface area contributed by atoms with E-state index >= 15 is 0 Å². The number of benzene rings is 1. The fourth-order valence-corrected chi connectivity index (χ4v) is 2.38. The predicted molar refractivity (Wildman–Crippen MR) is 72.7 cm³/mol. The first-order chi connectivity index (χ1) is 8.65. The lowest BCUT2D eigenvalue weighted by molar-refractivity contribution is 0.0644. The molecule has 1 heterocycles. The van der Waals surface area contributed by atoms with E-state index in [0.717, 1.165) is 36.3 Å². The van der Waals surface area contributed by atoms with E-state index in [9.17, 15) is 4.79 Å². The Balaban J connectivity index is 2.27. The zero-order valence-electron chi connectivity index (χ0n) is 11.1. The molecule has 1 aromatic rings. The van der Waals surface area contributed by atoms with Gasteiger partial charge in [0.25, 0.3) is 5.91 Å². The molecule has 2 rings (SSSR count). The maximum absolute atomic E-state index is 12.6. The molecule has 18 heavy (non-hydrogen) atoms. The number of nitrogens with zero attached hydrogens (tertiary/aromatic N) is 1. The van der Waals surface area contributed by atoms with E-state index in [4.69, 9.17) is 5.73 Å². The third-order valence-corrected chi connectivity index (χ3v) is 3.72.